The zero-order valence-electron chi connectivity index (χ0n) is 19.6. The zero-order chi connectivity index (χ0) is 26.8. The fraction of sp³-hybridized carbons (Fsp3) is 0.0769. The highest BCUT2D eigenvalue weighted by molar-refractivity contribution is 7.19. The van der Waals surface area contributed by atoms with Crippen LogP contribution in [-0.2, 0) is 9.53 Å². The lowest BCUT2D eigenvalue weighted by molar-refractivity contribution is -0.384. The van der Waals surface area contributed by atoms with Crippen LogP contribution in [0.5, 0.6) is 0 Å². The fourth-order valence-corrected chi connectivity index (χ4v) is 4.92. The summed E-state index contributed by atoms with van der Waals surface area (Å²) in [6.07, 6.45) is 0. The Morgan fingerprint density at radius 3 is 2.63 bits per heavy atom. The van der Waals surface area contributed by atoms with Crippen molar-refractivity contribution in [3.05, 3.63) is 99.2 Å². The number of ether oxygens (including phenoxy) is 1. The Balaban J connectivity index is 1.20. The number of anilines is 2. The van der Waals surface area contributed by atoms with Crippen molar-refractivity contribution >= 4 is 61.9 Å². The highest BCUT2D eigenvalue weighted by Gasteiger charge is 2.31. The standard InChI is InChI=1S/C26H19N5O6S/c27-24-23(25-29-19-6-1-2-7-21(19)38-25)20(32)13-30(24)17-10-8-15(9-11-17)26(34)37-14-22(33)28-16-4-3-5-18(12-16)31(35)36/h1-12,27,32H,13-14H2,(H,28,33). The molecule has 0 fully saturated rings. The molecule has 11 nitrogen and oxygen atoms in total. The zero-order valence-corrected chi connectivity index (χ0v) is 20.4. The molecule has 0 saturated carbocycles. The highest BCUT2D eigenvalue weighted by atomic mass is 32.1. The Morgan fingerprint density at radius 2 is 1.89 bits per heavy atom. The number of nitro groups is 1. The van der Waals surface area contributed by atoms with E-state index < -0.39 is 23.4 Å². The van der Waals surface area contributed by atoms with Gasteiger partial charge in [-0.2, -0.15) is 0 Å². The Bertz CT molecular complexity index is 1600. The third kappa shape index (κ3) is 4.92. The van der Waals surface area contributed by atoms with Gasteiger partial charge in [0.1, 0.15) is 16.6 Å². The molecule has 0 unspecified atom stereocenters. The second-order valence-electron chi connectivity index (χ2n) is 8.22. The van der Waals surface area contributed by atoms with Gasteiger partial charge in [-0.25, -0.2) is 9.78 Å². The Morgan fingerprint density at radius 1 is 1.13 bits per heavy atom. The minimum absolute atomic E-state index is 0.0345. The number of aliphatic hydroxyl groups is 1. The lowest BCUT2D eigenvalue weighted by atomic mass is 10.2. The molecule has 0 radical (unpaired) electrons. The molecule has 0 bridgehead atoms. The molecular weight excluding hydrogens is 510 g/mol. The average molecular weight is 530 g/mol. The van der Waals surface area contributed by atoms with Crippen LogP contribution >= 0.6 is 11.3 Å². The van der Waals surface area contributed by atoms with Crippen LogP contribution in [0.2, 0.25) is 0 Å². The molecule has 1 aliphatic rings. The number of amidine groups is 1. The number of hydrogen-bond acceptors (Lipinski definition) is 9. The molecule has 0 atom stereocenters. The summed E-state index contributed by atoms with van der Waals surface area (Å²) in [6.45, 7) is -0.491. The first-order valence-corrected chi connectivity index (χ1v) is 12.1. The summed E-state index contributed by atoms with van der Waals surface area (Å²) in [5, 5.41) is 33.1. The van der Waals surface area contributed by atoms with Gasteiger partial charge in [0.2, 0.25) is 0 Å². The summed E-state index contributed by atoms with van der Waals surface area (Å²) in [7, 11) is 0. The van der Waals surface area contributed by atoms with Gasteiger partial charge in [-0.15, -0.1) is 11.3 Å². The van der Waals surface area contributed by atoms with Gasteiger partial charge < -0.3 is 20.1 Å². The predicted octanol–water partition coefficient (Wildman–Crippen LogP) is 4.77. The lowest BCUT2D eigenvalue weighted by Crippen LogP contribution is -2.26. The number of esters is 1. The molecule has 1 aromatic heterocycles. The number of rotatable bonds is 7. The smallest absolute Gasteiger partial charge is 0.338 e. The van der Waals surface area contributed by atoms with Crippen molar-refractivity contribution in [1.82, 2.24) is 4.98 Å². The second-order valence-corrected chi connectivity index (χ2v) is 9.25. The predicted molar refractivity (Wildman–Crippen MR) is 143 cm³/mol. The number of nitro benzene ring substituents is 1. The number of hydrogen-bond donors (Lipinski definition) is 3. The van der Waals surface area contributed by atoms with Gasteiger partial charge in [0.15, 0.2) is 6.61 Å². The number of benzene rings is 3. The van der Waals surface area contributed by atoms with Crippen molar-refractivity contribution in [3.8, 4) is 0 Å². The second kappa shape index (κ2) is 10.1. The van der Waals surface area contributed by atoms with Crippen LogP contribution in [0.4, 0.5) is 17.1 Å². The van der Waals surface area contributed by atoms with Crippen LogP contribution in [0.25, 0.3) is 15.8 Å². The number of amides is 1. The summed E-state index contributed by atoms with van der Waals surface area (Å²) in [6, 6.07) is 19.2. The monoisotopic (exact) mass is 529 g/mol. The van der Waals surface area contributed by atoms with Gasteiger partial charge in [-0.05, 0) is 42.5 Å². The molecule has 38 heavy (non-hydrogen) atoms. The topological polar surface area (TPSA) is 159 Å². The van der Waals surface area contributed by atoms with E-state index in [2.05, 4.69) is 10.3 Å². The van der Waals surface area contributed by atoms with E-state index in [1.165, 1.54) is 47.7 Å². The number of para-hydroxylation sites is 1. The maximum Gasteiger partial charge on any atom is 0.338 e. The van der Waals surface area contributed by atoms with Crippen LogP contribution < -0.4 is 10.2 Å². The summed E-state index contributed by atoms with van der Waals surface area (Å²) < 4.78 is 6.01. The summed E-state index contributed by atoms with van der Waals surface area (Å²) in [5.74, 6) is -1.26. The van der Waals surface area contributed by atoms with E-state index in [9.17, 15) is 24.8 Å². The Kier molecular flexibility index (Phi) is 6.54. The van der Waals surface area contributed by atoms with Crippen molar-refractivity contribution in [2.75, 3.05) is 23.4 Å². The maximum absolute atomic E-state index is 12.4. The number of non-ortho nitro benzene ring substituents is 1. The number of carbonyl (C=O) groups is 2. The average Bonchev–Trinajstić information content (AvgIpc) is 3.47. The largest absolute Gasteiger partial charge is 0.510 e. The first-order valence-electron chi connectivity index (χ1n) is 11.3. The first-order chi connectivity index (χ1) is 18.3. The van der Waals surface area contributed by atoms with Gasteiger partial charge in [0.05, 0.1) is 32.8 Å². The molecule has 3 aromatic carbocycles. The lowest BCUT2D eigenvalue weighted by Gasteiger charge is -2.18. The minimum atomic E-state index is -0.738. The van der Waals surface area contributed by atoms with E-state index in [1.54, 1.807) is 17.0 Å². The van der Waals surface area contributed by atoms with E-state index >= 15 is 0 Å². The van der Waals surface area contributed by atoms with Crippen molar-refractivity contribution in [2.45, 2.75) is 0 Å². The SMILES string of the molecule is N=C1C(c2nc3ccccc3s2)=C(O)CN1c1ccc(C(=O)OCC(=O)Nc2cccc([N+](=O)[O-])c2)cc1. The van der Waals surface area contributed by atoms with Gasteiger partial charge in [-0.3, -0.25) is 20.3 Å². The Hall–Kier alpha value is -5.10. The van der Waals surface area contributed by atoms with Gasteiger partial charge >= 0.3 is 5.97 Å². The molecular formula is C26H19N5O6S. The molecule has 0 saturated heterocycles. The quantitative estimate of drug-likeness (QED) is 0.175. The molecule has 12 heteroatoms. The molecule has 0 spiro atoms. The number of carbonyl (C=O) groups excluding carboxylic acids is 2. The van der Waals surface area contributed by atoms with Crippen molar-refractivity contribution < 1.29 is 24.4 Å². The molecule has 4 aromatic rings. The van der Waals surface area contributed by atoms with E-state index in [-0.39, 0.29) is 35.1 Å². The Labute approximate surface area is 219 Å². The fourth-order valence-electron chi connectivity index (χ4n) is 3.89. The molecule has 1 amide bonds. The molecule has 0 aliphatic carbocycles. The van der Waals surface area contributed by atoms with E-state index in [1.807, 2.05) is 24.3 Å². The van der Waals surface area contributed by atoms with Crippen molar-refractivity contribution in [2.24, 2.45) is 0 Å². The molecule has 3 N–H and O–H groups in total. The van der Waals surface area contributed by atoms with Crippen LogP contribution in [0.15, 0.2) is 78.6 Å². The number of nitrogens with one attached hydrogen (secondary N) is 2. The third-order valence-corrected chi connectivity index (χ3v) is 6.75. The normalized spacial score (nSPS) is 13.2. The molecule has 1 aliphatic heterocycles. The van der Waals surface area contributed by atoms with Crippen LogP contribution in [0.3, 0.4) is 0 Å². The van der Waals surface area contributed by atoms with Gasteiger partial charge in [0, 0.05) is 23.5 Å². The number of thiazole rings is 1. The van der Waals surface area contributed by atoms with Gasteiger partial charge in [-0.1, -0.05) is 18.2 Å². The van der Waals surface area contributed by atoms with E-state index in [4.69, 9.17) is 10.1 Å². The number of aliphatic hydroxyl groups excluding tert-OH is 1. The summed E-state index contributed by atoms with van der Waals surface area (Å²) in [4.78, 5) is 40.9. The molecule has 5 rings (SSSR count). The summed E-state index contributed by atoms with van der Waals surface area (Å²) in [5.41, 5.74) is 1.95. The van der Waals surface area contributed by atoms with Crippen LogP contribution in [-0.4, -0.2) is 45.9 Å². The van der Waals surface area contributed by atoms with E-state index in [0.717, 1.165) is 10.2 Å². The maximum atomic E-state index is 12.4. The summed E-state index contributed by atoms with van der Waals surface area (Å²) >= 11 is 1.40. The van der Waals surface area contributed by atoms with Gasteiger partial charge in [0.25, 0.3) is 11.6 Å². The van der Waals surface area contributed by atoms with Crippen LogP contribution in [0, 0.1) is 15.5 Å². The third-order valence-electron chi connectivity index (χ3n) is 5.70. The van der Waals surface area contributed by atoms with Crippen molar-refractivity contribution in [1.29, 1.82) is 5.41 Å². The molecule has 2 heterocycles. The first kappa shape index (κ1) is 24.6. The number of nitrogens with zero attached hydrogens (tertiary/aromatic N) is 3. The van der Waals surface area contributed by atoms with Crippen molar-refractivity contribution in [3.63, 3.8) is 0 Å². The van der Waals surface area contributed by atoms with Crippen LogP contribution in [0.1, 0.15) is 15.4 Å². The van der Waals surface area contributed by atoms with E-state index in [0.29, 0.717) is 16.3 Å². The highest BCUT2D eigenvalue weighted by Crippen LogP contribution is 2.35. The number of aromatic nitrogens is 1. The molecule has 190 valence electrons. The number of fused-ring (bicyclic) bond motifs is 1. The minimum Gasteiger partial charge on any atom is -0.510 e.